The molecule has 0 aromatic rings. The van der Waals surface area contributed by atoms with E-state index in [-0.39, 0.29) is 12.1 Å². The van der Waals surface area contributed by atoms with Crippen LogP contribution in [0.25, 0.3) is 0 Å². The molecule has 4 heteroatoms. The van der Waals surface area contributed by atoms with Crippen LogP contribution < -0.4 is 11.1 Å². The minimum atomic E-state index is 0.103. The number of rotatable bonds is 2. The van der Waals surface area contributed by atoms with Crippen molar-refractivity contribution < 1.29 is 4.79 Å². The first kappa shape index (κ1) is 11.7. The molecule has 0 bridgehead atoms. The van der Waals surface area contributed by atoms with E-state index in [1.165, 1.54) is 12.8 Å². The molecule has 4 nitrogen and oxygen atoms in total. The van der Waals surface area contributed by atoms with Gasteiger partial charge in [-0.2, -0.15) is 0 Å². The molecule has 2 aliphatic rings. The number of hydrogen-bond donors (Lipinski definition) is 2. The van der Waals surface area contributed by atoms with Crippen LogP contribution in [0.1, 0.15) is 39.0 Å². The van der Waals surface area contributed by atoms with E-state index in [0.29, 0.717) is 18.5 Å². The van der Waals surface area contributed by atoms with E-state index in [9.17, 15) is 4.79 Å². The number of nitrogens with two attached hydrogens (primary N) is 1. The van der Waals surface area contributed by atoms with Gasteiger partial charge in [0.05, 0.1) is 0 Å². The highest BCUT2D eigenvalue weighted by Gasteiger charge is 2.34. The zero-order chi connectivity index (χ0) is 11.5. The van der Waals surface area contributed by atoms with E-state index < -0.39 is 0 Å². The number of likely N-dealkylation sites (tertiary alicyclic amines) is 1. The molecule has 92 valence electrons. The molecule has 0 radical (unpaired) electrons. The van der Waals surface area contributed by atoms with Crippen LogP contribution in [0, 0.1) is 5.92 Å². The molecule has 2 unspecified atom stereocenters. The second kappa shape index (κ2) is 5.04. The van der Waals surface area contributed by atoms with Crippen molar-refractivity contribution in [2.45, 2.75) is 51.1 Å². The zero-order valence-electron chi connectivity index (χ0n) is 10.1. The van der Waals surface area contributed by atoms with Gasteiger partial charge in [-0.05, 0) is 25.2 Å². The summed E-state index contributed by atoms with van der Waals surface area (Å²) in [5.74, 6) is 0.541. The lowest BCUT2D eigenvalue weighted by Crippen LogP contribution is -2.49. The van der Waals surface area contributed by atoms with Crippen LogP contribution in [0.3, 0.4) is 0 Å². The summed E-state index contributed by atoms with van der Waals surface area (Å²) < 4.78 is 0. The zero-order valence-corrected chi connectivity index (χ0v) is 10.1. The van der Waals surface area contributed by atoms with Crippen molar-refractivity contribution in [1.29, 1.82) is 0 Å². The largest absolute Gasteiger partial charge is 0.335 e. The third kappa shape index (κ3) is 2.32. The van der Waals surface area contributed by atoms with Gasteiger partial charge in [-0.1, -0.05) is 19.8 Å². The number of urea groups is 1. The van der Waals surface area contributed by atoms with Gasteiger partial charge in [0.25, 0.3) is 0 Å². The van der Waals surface area contributed by atoms with Gasteiger partial charge in [0.15, 0.2) is 0 Å². The summed E-state index contributed by atoms with van der Waals surface area (Å²) in [6.45, 7) is 3.63. The molecule has 1 heterocycles. The van der Waals surface area contributed by atoms with E-state index in [1.54, 1.807) is 0 Å². The molecule has 1 aliphatic carbocycles. The lowest BCUT2D eigenvalue weighted by Gasteiger charge is -2.27. The second-order valence-corrected chi connectivity index (χ2v) is 5.19. The average Bonchev–Trinajstić information content (AvgIpc) is 2.87. The first-order valence-corrected chi connectivity index (χ1v) is 6.49. The van der Waals surface area contributed by atoms with Crippen molar-refractivity contribution in [3.05, 3.63) is 0 Å². The Bertz CT molecular complexity index is 251. The highest BCUT2D eigenvalue weighted by atomic mass is 16.2. The van der Waals surface area contributed by atoms with Gasteiger partial charge < -0.3 is 16.0 Å². The van der Waals surface area contributed by atoms with Gasteiger partial charge in [-0.3, -0.25) is 0 Å². The monoisotopic (exact) mass is 225 g/mol. The molecule has 2 atom stereocenters. The van der Waals surface area contributed by atoms with E-state index in [4.69, 9.17) is 5.73 Å². The highest BCUT2D eigenvalue weighted by Crippen LogP contribution is 2.24. The Kier molecular flexibility index (Phi) is 3.69. The summed E-state index contributed by atoms with van der Waals surface area (Å²) in [5.41, 5.74) is 5.74. The van der Waals surface area contributed by atoms with Crippen molar-refractivity contribution >= 4 is 6.03 Å². The predicted molar refractivity (Wildman–Crippen MR) is 64.1 cm³/mol. The molecule has 0 aromatic heterocycles. The molecule has 3 N–H and O–H groups in total. The van der Waals surface area contributed by atoms with Gasteiger partial charge >= 0.3 is 6.03 Å². The van der Waals surface area contributed by atoms with Crippen LogP contribution in [0.5, 0.6) is 0 Å². The molecule has 0 aromatic carbocycles. The van der Waals surface area contributed by atoms with Crippen molar-refractivity contribution in [3.8, 4) is 0 Å². The van der Waals surface area contributed by atoms with Crippen molar-refractivity contribution in [2.24, 2.45) is 11.7 Å². The molecule has 1 saturated heterocycles. The number of nitrogens with one attached hydrogen (secondary N) is 1. The summed E-state index contributed by atoms with van der Waals surface area (Å²) in [5, 5.41) is 3.14. The Balaban J connectivity index is 1.88. The molecular formula is C12H23N3O. The van der Waals surface area contributed by atoms with Crippen LogP contribution in [-0.2, 0) is 0 Å². The maximum absolute atomic E-state index is 12.1. The van der Waals surface area contributed by atoms with Crippen LogP contribution in [0.15, 0.2) is 0 Å². The first-order chi connectivity index (χ1) is 7.72. The molecule has 1 aliphatic heterocycles. The van der Waals surface area contributed by atoms with Crippen LogP contribution >= 0.6 is 0 Å². The van der Waals surface area contributed by atoms with Gasteiger partial charge in [0.1, 0.15) is 0 Å². The molecular weight excluding hydrogens is 202 g/mol. The predicted octanol–water partition coefficient (Wildman–Crippen LogP) is 1.31. The number of carbonyl (C=O) groups is 1. The third-order valence-electron chi connectivity index (χ3n) is 4.07. The van der Waals surface area contributed by atoms with Crippen molar-refractivity contribution in [2.75, 3.05) is 13.1 Å². The normalized spacial score (nSPS) is 31.0. The Morgan fingerprint density at radius 1 is 1.38 bits per heavy atom. The molecule has 2 fully saturated rings. The SMILES string of the molecule is CC1CCN(C(=O)NC2CCCC2)C1CN. The second-order valence-electron chi connectivity index (χ2n) is 5.19. The summed E-state index contributed by atoms with van der Waals surface area (Å²) in [6.07, 6.45) is 5.87. The lowest BCUT2D eigenvalue weighted by molar-refractivity contribution is 0.184. The summed E-state index contributed by atoms with van der Waals surface area (Å²) >= 11 is 0. The fourth-order valence-corrected chi connectivity index (χ4v) is 2.95. The Morgan fingerprint density at radius 2 is 2.06 bits per heavy atom. The molecule has 2 amide bonds. The lowest BCUT2D eigenvalue weighted by atomic mass is 10.0. The summed E-state index contributed by atoms with van der Waals surface area (Å²) in [4.78, 5) is 14.0. The van der Waals surface area contributed by atoms with E-state index >= 15 is 0 Å². The third-order valence-corrected chi connectivity index (χ3v) is 4.07. The maximum atomic E-state index is 12.1. The van der Waals surface area contributed by atoms with Gasteiger partial charge in [0, 0.05) is 25.2 Å². The average molecular weight is 225 g/mol. The first-order valence-electron chi connectivity index (χ1n) is 6.49. The van der Waals surface area contributed by atoms with E-state index in [1.807, 2.05) is 4.90 Å². The van der Waals surface area contributed by atoms with Crippen LogP contribution in [-0.4, -0.2) is 36.1 Å². The van der Waals surface area contributed by atoms with Crippen LogP contribution in [0.2, 0.25) is 0 Å². The van der Waals surface area contributed by atoms with Crippen molar-refractivity contribution in [1.82, 2.24) is 10.2 Å². The molecule has 2 rings (SSSR count). The van der Waals surface area contributed by atoms with Gasteiger partial charge in [0.2, 0.25) is 0 Å². The standard InChI is InChI=1S/C12H23N3O/c1-9-6-7-15(11(9)8-13)12(16)14-10-4-2-3-5-10/h9-11H,2-8,13H2,1H3,(H,14,16). The number of carbonyl (C=O) groups excluding carboxylic acids is 1. The van der Waals surface area contributed by atoms with E-state index in [0.717, 1.165) is 25.8 Å². The van der Waals surface area contributed by atoms with Crippen LogP contribution in [0.4, 0.5) is 4.79 Å². The highest BCUT2D eigenvalue weighted by molar-refractivity contribution is 5.75. The molecule has 16 heavy (non-hydrogen) atoms. The molecule has 0 spiro atoms. The summed E-state index contributed by atoms with van der Waals surface area (Å²) in [6, 6.07) is 0.745. The Labute approximate surface area is 97.6 Å². The van der Waals surface area contributed by atoms with Gasteiger partial charge in [-0.25, -0.2) is 4.79 Å². The Morgan fingerprint density at radius 3 is 2.69 bits per heavy atom. The number of amides is 2. The smallest absolute Gasteiger partial charge is 0.317 e. The van der Waals surface area contributed by atoms with Crippen molar-refractivity contribution in [3.63, 3.8) is 0 Å². The fraction of sp³-hybridized carbons (Fsp3) is 0.917. The summed E-state index contributed by atoms with van der Waals surface area (Å²) in [7, 11) is 0. The van der Waals surface area contributed by atoms with Gasteiger partial charge in [-0.15, -0.1) is 0 Å². The number of hydrogen-bond acceptors (Lipinski definition) is 2. The topological polar surface area (TPSA) is 58.4 Å². The Hall–Kier alpha value is -0.770. The quantitative estimate of drug-likeness (QED) is 0.744. The maximum Gasteiger partial charge on any atom is 0.317 e. The number of nitrogens with zero attached hydrogens (tertiary/aromatic N) is 1. The fourth-order valence-electron chi connectivity index (χ4n) is 2.95. The minimum absolute atomic E-state index is 0.103. The van der Waals surface area contributed by atoms with E-state index in [2.05, 4.69) is 12.2 Å². The molecule has 1 saturated carbocycles. The minimum Gasteiger partial charge on any atom is -0.335 e.